The highest BCUT2D eigenvalue weighted by Crippen LogP contribution is 2.39. The highest BCUT2D eigenvalue weighted by molar-refractivity contribution is 5.88. The normalized spacial score (nSPS) is 14.3. The van der Waals surface area contributed by atoms with Gasteiger partial charge < -0.3 is 10.3 Å². The van der Waals surface area contributed by atoms with Gasteiger partial charge in [-0.1, -0.05) is 0 Å². The summed E-state index contributed by atoms with van der Waals surface area (Å²) >= 11 is 0. The zero-order valence-corrected chi connectivity index (χ0v) is 10.4. The van der Waals surface area contributed by atoms with Gasteiger partial charge in [0.2, 0.25) is 0 Å². The Labute approximate surface area is 110 Å². The van der Waals surface area contributed by atoms with Crippen molar-refractivity contribution in [2.24, 2.45) is 0 Å². The Bertz CT molecular complexity index is 542. The molecule has 0 aromatic carbocycles. The second-order valence-corrected chi connectivity index (χ2v) is 4.69. The molecule has 0 unspecified atom stereocenters. The van der Waals surface area contributed by atoms with E-state index in [9.17, 15) is 4.79 Å². The van der Waals surface area contributed by atoms with E-state index in [0.29, 0.717) is 18.3 Å². The van der Waals surface area contributed by atoms with E-state index < -0.39 is 0 Å². The highest BCUT2D eigenvalue weighted by Gasteiger charge is 2.25. The van der Waals surface area contributed by atoms with E-state index in [2.05, 4.69) is 30.8 Å². The number of H-pyrrole nitrogens is 2. The minimum Gasteiger partial charge on any atom is -0.348 e. The van der Waals surface area contributed by atoms with Gasteiger partial charge in [0.05, 0.1) is 6.33 Å². The molecule has 0 spiro atoms. The number of imidazole rings is 1. The van der Waals surface area contributed by atoms with Crippen LogP contribution in [-0.4, -0.2) is 32.7 Å². The molecule has 4 N–H and O–H groups in total. The van der Waals surface area contributed by atoms with Crippen LogP contribution < -0.4 is 10.6 Å². The molecule has 2 aromatic rings. The van der Waals surface area contributed by atoms with Crippen LogP contribution in [0, 0.1) is 0 Å². The van der Waals surface area contributed by atoms with E-state index in [1.807, 2.05) is 6.07 Å². The maximum Gasteiger partial charge on any atom is 0.320 e. The van der Waals surface area contributed by atoms with Crippen LogP contribution in [0.15, 0.2) is 18.6 Å². The molecule has 0 radical (unpaired) electrons. The molecule has 1 aliphatic rings. The highest BCUT2D eigenvalue weighted by atomic mass is 16.2. The van der Waals surface area contributed by atoms with Gasteiger partial charge in [-0.15, -0.1) is 0 Å². The standard InChI is InChI=1S/C12H16N6O/c19-12(14-4-3-9-6-13-7-15-9)16-11-5-10(17-18-11)8-1-2-8/h5-8H,1-4H2,(H,13,15)(H3,14,16,17,18,19). The number of amides is 2. The molecular formula is C12H16N6O. The molecule has 0 bridgehead atoms. The summed E-state index contributed by atoms with van der Waals surface area (Å²) in [6, 6.07) is 1.65. The number of anilines is 1. The lowest BCUT2D eigenvalue weighted by Crippen LogP contribution is -2.30. The van der Waals surface area contributed by atoms with E-state index in [1.54, 1.807) is 12.5 Å². The molecular weight excluding hydrogens is 244 g/mol. The molecule has 2 aromatic heterocycles. The number of rotatable bonds is 5. The number of urea groups is 1. The summed E-state index contributed by atoms with van der Waals surface area (Å²) in [5, 5.41) is 12.5. The van der Waals surface area contributed by atoms with Crippen LogP contribution in [0.2, 0.25) is 0 Å². The molecule has 1 fully saturated rings. The number of nitrogens with zero attached hydrogens (tertiary/aromatic N) is 2. The van der Waals surface area contributed by atoms with Gasteiger partial charge in [0.1, 0.15) is 0 Å². The first-order valence-corrected chi connectivity index (χ1v) is 6.38. The maximum atomic E-state index is 11.6. The third-order valence-electron chi connectivity index (χ3n) is 3.09. The largest absolute Gasteiger partial charge is 0.348 e. The van der Waals surface area contributed by atoms with Crippen molar-refractivity contribution in [1.29, 1.82) is 0 Å². The second-order valence-electron chi connectivity index (χ2n) is 4.69. The lowest BCUT2D eigenvalue weighted by atomic mass is 10.3. The number of carbonyl (C=O) groups excluding carboxylic acids is 1. The number of aromatic nitrogens is 4. The molecule has 19 heavy (non-hydrogen) atoms. The summed E-state index contributed by atoms with van der Waals surface area (Å²) in [6.45, 7) is 0.550. The molecule has 7 nitrogen and oxygen atoms in total. The van der Waals surface area contributed by atoms with Crippen molar-refractivity contribution in [3.8, 4) is 0 Å². The zero-order valence-electron chi connectivity index (χ0n) is 10.4. The molecule has 0 saturated heterocycles. The van der Waals surface area contributed by atoms with Crippen molar-refractivity contribution >= 4 is 11.8 Å². The van der Waals surface area contributed by atoms with Gasteiger partial charge in [-0.2, -0.15) is 5.10 Å². The van der Waals surface area contributed by atoms with Crippen molar-refractivity contribution < 1.29 is 4.79 Å². The SMILES string of the molecule is O=C(NCCc1cnc[nH]1)Nc1cc(C2CC2)[nH]n1. The van der Waals surface area contributed by atoms with Gasteiger partial charge in [0.25, 0.3) is 0 Å². The van der Waals surface area contributed by atoms with E-state index in [4.69, 9.17) is 0 Å². The van der Waals surface area contributed by atoms with E-state index >= 15 is 0 Å². The Morgan fingerprint density at radius 3 is 3.11 bits per heavy atom. The third kappa shape index (κ3) is 3.12. The van der Waals surface area contributed by atoms with Crippen LogP contribution >= 0.6 is 0 Å². The molecule has 0 aliphatic heterocycles. The smallest absolute Gasteiger partial charge is 0.320 e. The molecule has 0 atom stereocenters. The summed E-state index contributed by atoms with van der Waals surface area (Å²) in [7, 11) is 0. The quantitative estimate of drug-likeness (QED) is 0.653. The number of nitrogens with one attached hydrogen (secondary N) is 4. The summed E-state index contributed by atoms with van der Waals surface area (Å²) < 4.78 is 0. The molecule has 1 aliphatic carbocycles. The molecule has 100 valence electrons. The van der Waals surface area contributed by atoms with Crippen molar-refractivity contribution in [2.75, 3.05) is 11.9 Å². The topological polar surface area (TPSA) is 98.5 Å². The Hall–Kier alpha value is -2.31. The lowest BCUT2D eigenvalue weighted by Gasteiger charge is -2.04. The van der Waals surface area contributed by atoms with Crippen molar-refractivity contribution in [3.63, 3.8) is 0 Å². The fraction of sp³-hybridized carbons (Fsp3) is 0.417. The molecule has 2 amide bonds. The zero-order chi connectivity index (χ0) is 13.1. The van der Waals surface area contributed by atoms with E-state index in [1.165, 1.54) is 12.8 Å². The Kier molecular flexibility index (Phi) is 3.18. The van der Waals surface area contributed by atoms with Gasteiger partial charge in [0.15, 0.2) is 5.82 Å². The monoisotopic (exact) mass is 260 g/mol. The Morgan fingerprint density at radius 2 is 2.37 bits per heavy atom. The van der Waals surface area contributed by atoms with Crippen LogP contribution in [-0.2, 0) is 6.42 Å². The molecule has 3 rings (SSSR count). The van der Waals surface area contributed by atoms with Gasteiger partial charge >= 0.3 is 6.03 Å². The number of carbonyl (C=O) groups is 1. The van der Waals surface area contributed by atoms with Gasteiger partial charge in [-0.3, -0.25) is 10.4 Å². The van der Waals surface area contributed by atoms with E-state index in [-0.39, 0.29) is 6.03 Å². The van der Waals surface area contributed by atoms with Crippen molar-refractivity contribution in [2.45, 2.75) is 25.2 Å². The average molecular weight is 260 g/mol. The number of hydrogen-bond acceptors (Lipinski definition) is 3. The summed E-state index contributed by atoms with van der Waals surface area (Å²) in [5.41, 5.74) is 2.10. The van der Waals surface area contributed by atoms with Crippen LogP contribution in [0.3, 0.4) is 0 Å². The van der Waals surface area contributed by atoms with E-state index in [0.717, 1.165) is 17.8 Å². The minimum atomic E-state index is -0.242. The summed E-state index contributed by atoms with van der Waals surface area (Å²) in [6.07, 6.45) is 6.51. The number of hydrogen-bond donors (Lipinski definition) is 4. The predicted molar refractivity (Wildman–Crippen MR) is 69.9 cm³/mol. The Balaban J connectivity index is 1.42. The lowest BCUT2D eigenvalue weighted by molar-refractivity contribution is 0.252. The maximum absolute atomic E-state index is 11.6. The first-order chi connectivity index (χ1) is 9.31. The summed E-state index contributed by atoms with van der Waals surface area (Å²) in [4.78, 5) is 18.5. The molecule has 1 saturated carbocycles. The average Bonchev–Trinajstić information content (AvgIpc) is 2.92. The molecule has 2 heterocycles. The second kappa shape index (κ2) is 5.13. The minimum absolute atomic E-state index is 0.242. The fourth-order valence-corrected chi connectivity index (χ4v) is 1.90. The van der Waals surface area contributed by atoms with Crippen LogP contribution in [0.25, 0.3) is 0 Å². The van der Waals surface area contributed by atoms with Gasteiger partial charge in [-0.05, 0) is 12.8 Å². The molecule has 7 heteroatoms. The summed E-state index contributed by atoms with van der Waals surface area (Å²) in [5.74, 6) is 1.17. The predicted octanol–water partition coefficient (Wildman–Crippen LogP) is 1.37. The van der Waals surface area contributed by atoms with Crippen LogP contribution in [0.5, 0.6) is 0 Å². The van der Waals surface area contributed by atoms with Crippen LogP contribution in [0.1, 0.15) is 30.1 Å². The third-order valence-corrected chi connectivity index (χ3v) is 3.09. The van der Waals surface area contributed by atoms with Gasteiger partial charge in [-0.25, -0.2) is 9.78 Å². The van der Waals surface area contributed by atoms with Crippen molar-refractivity contribution in [3.05, 3.63) is 30.0 Å². The van der Waals surface area contributed by atoms with Crippen molar-refractivity contribution in [1.82, 2.24) is 25.5 Å². The fourth-order valence-electron chi connectivity index (χ4n) is 1.90. The first kappa shape index (κ1) is 11.8. The van der Waals surface area contributed by atoms with Crippen LogP contribution in [0.4, 0.5) is 10.6 Å². The number of aromatic amines is 2. The Morgan fingerprint density at radius 1 is 1.47 bits per heavy atom. The first-order valence-electron chi connectivity index (χ1n) is 6.38. The van der Waals surface area contributed by atoms with Gasteiger partial charge in [0, 0.05) is 42.5 Å².